The summed E-state index contributed by atoms with van der Waals surface area (Å²) in [5, 5.41) is 3.09. The van der Waals surface area contributed by atoms with E-state index in [1.807, 2.05) is 24.3 Å². The SMILES string of the molecule is CO[C@H]1CN(C(=O)C2(NC(=O)c3ccc(N4CCN(C5CC5)CC4)cc3)CCCC2)[C@@H]2C(=O)CO[C@H]12. The second-order valence-corrected chi connectivity index (χ2v) is 11.0. The maximum absolute atomic E-state index is 13.9. The van der Waals surface area contributed by atoms with Crippen molar-refractivity contribution in [3.8, 4) is 0 Å². The number of rotatable bonds is 6. The monoisotopic (exact) mass is 496 g/mol. The number of hydrogen-bond donors (Lipinski definition) is 1. The molecule has 2 amide bonds. The largest absolute Gasteiger partial charge is 0.377 e. The van der Waals surface area contributed by atoms with Crippen LogP contribution in [-0.4, -0.2) is 104 Å². The Hall–Kier alpha value is -2.49. The van der Waals surface area contributed by atoms with E-state index in [0.717, 1.165) is 50.7 Å². The second kappa shape index (κ2) is 9.43. The lowest BCUT2D eigenvalue weighted by Crippen LogP contribution is -2.60. The molecule has 3 heterocycles. The van der Waals surface area contributed by atoms with Gasteiger partial charge in [-0.15, -0.1) is 0 Å². The molecule has 1 aromatic carbocycles. The summed E-state index contributed by atoms with van der Waals surface area (Å²) in [6, 6.07) is 7.89. The van der Waals surface area contributed by atoms with E-state index in [0.29, 0.717) is 24.9 Å². The van der Waals surface area contributed by atoms with E-state index in [1.165, 1.54) is 12.8 Å². The predicted molar refractivity (Wildman–Crippen MR) is 133 cm³/mol. The maximum atomic E-state index is 13.9. The van der Waals surface area contributed by atoms with Gasteiger partial charge < -0.3 is 24.6 Å². The van der Waals surface area contributed by atoms with Crippen LogP contribution in [0.1, 0.15) is 48.9 Å². The number of methoxy groups -OCH3 is 1. The van der Waals surface area contributed by atoms with Gasteiger partial charge in [-0.1, -0.05) is 12.8 Å². The summed E-state index contributed by atoms with van der Waals surface area (Å²) in [5.41, 5.74) is 0.677. The standard InChI is InChI=1S/C27H36N4O5/c1-35-22-16-31(23-21(32)17-36-24(22)23)26(34)27(10-2-3-11-27)28-25(33)18-4-6-19(7-5-18)29-12-14-30(15-13-29)20-8-9-20/h4-7,20,22-24H,2-3,8-17H2,1H3,(H,28,33)/t22-,23+,24+/m0/s1. The molecule has 3 saturated heterocycles. The predicted octanol–water partition coefficient (Wildman–Crippen LogP) is 1.21. The van der Waals surface area contributed by atoms with Gasteiger partial charge in [0.15, 0.2) is 5.78 Å². The third kappa shape index (κ3) is 4.21. The van der Waals surface area contributed by atoms with Crippen molar-refractivity contribution < 1.29 is 23.9 Å². The highest BCUT2D eigenvalue weighted by molar-refractivity contribution is 6.01. The van der Waals surface area contributed by atoms with Crippen molar-refractivity contribution in [2.24, 2.45) is 0 Å². The summed E-state index contributed by atoms with van der Waals surface area (Å²) >= 11 is 0. The Labute approximate surface area is 212 Å². The van der Waals surface area contributed by atoms with Crippen molar-refractivity contribution in [2.45, 2.75) is 68.4 Å². The summed E-state index contributed by atoms with van der Waals surface area (Å²) in [4.78, 5) is 46.3. The quantitative estimate of drug-likeness (QED) is 0.633. The third-order valence-electron chi connectivity index (χ3n) is 8.79. The zero-order valence-corrected chi connectivity index (χ0v) is 21.0. The molecule has 0 aromatic heterocycles. The molecule has 0 spiro atoms. The van der Waals surface area contributed by atoms with E-state index >= 15 is 0 Å². The number of Topliss-reactive ketones (excluding diaryl/α,β-unsaturated/α-hetero) is 1. The van der Waals surface area contributed by atoms with Crippen molar-refractivity contribution in [3.05, 3.63) is 29.8 Å². The third-order valence-corrected chi connectivity index (χ3v) is 8.79. The molecular weight excluding hydrogens is 460 g/mol. The first-order valence-electron chi connectivity index (χ1n) is 13.4. The number of benzene rings is 1. The first-order chi connectivity index (χ1) is 17.5. The van der Waals surface area contributed by atoms with Gasteiger partial charge in [-0.25, -0.2) is 0 Å². The van der Waals surface area contributed by atoms with E-state index in [1.54, 1.807) is 12.0 Å². The smallest absolute Gasteiger partial charge is 0.252 e. The van der Waals surface area contributed by atoms with Crippen LogP contribution in [0, 0.1) is 0 Å². The molecule has 0 radical (unpaired) electrons. The minimum atomic E-state index is -0.995. The minimum absolute atomic E-state index is 0.000309. The van der Waals surface area contributed by atoms with Gasteiger partial charge in [-0.3, -0.25) is 19.3 Å². The molecule has 3 atom stereocenters. The van der Waals surface area contributed by atoms with Gasteiger partial charge in [-0.2, -0.15) is 0 Å². The van der Waals surface area contributed by atoms with Crippen LogP contribution in [0.25, 0.3) is 0 Å². The highest BCUT2D eigenvalue weighted by atomic mass is 16.5. The number of ether oxygens (including phenoxy) is 2. The fourth-order valence-corrected chi connectivity index (χ4v) is 6.57. The Bertz CT molecular complexity index is 1010. The molecule has 9 nitrogen and oxygen atoms in total. The fourth-order valence-electron chi connectivity index (χ4n) is 6.57. The van der Waals surface area contributed by atoms with E-state index in [4.69, 9.17) is 9.47 Å². The Morgan fingerprint density at radius 3 is 2.39 bits per heavy atom. The summed E-state index contributed by atoms with van der Waals surface area (Å²) in [6.07, 6.45) is 4.77. The number of ketones is 1. The normalized spacial score (nSPS) is 30.0. The zero-order valence-electron chi connectivity index (χ0n) is 21.0. The fraction of sp³-hybridized carbons (Fsp3) is 0.667. The molecule has 1 N–H and O–H groups in total. The molecule has 0 bridgehead atoms. The van der Waals surface area contributed by atoms with E-state index in [2.05, 4.69) is 15.1 Å². The second-order valence-electron chi connectivity index (χ2n) is 11.0. The van der Waals surface area contributed by atoms with E-state index in [-0.39, 0.29) is 30.3 Å². The Kier molecular flexibility index (Phi) is 6.25. The van der Waals surface area contributed by atoms with Crippen LogP contribution in [0.2, 0.25) is 0 Å². The molecule has 1 aromatic rings. The number of hydrogen-bond acceptors (Lipinski definition) is 7. The number of carbonyl (C=O) groups excluding carboxylic acids is 3. The van der Waals surface area contributed by atoms with E-state index < -0.39 is 17.7 Å². The highest BCUT2D eigenvalue weighted by Crippen LogP contribution is 2.37. The minimum Gasteiger partial charge on any atom is -0.377 e. The molecule has 5 aliphatic rings. The topological polar surface area (TPSA) is 91.4 Å². The van der Waals surface area contributed by atoms with Gasteiger partial charge in [0.2, 0.25) is 5.91 Å². The van der Waals surface area contributed by atoms with Gasteiger partial charge in [0.1, 0.15) is 30.4 Å². The lowest BCUT2D eigenvalue weighted by Gasteiger charge is -2.36. The molecule has 0 unspecified atom stereocenters. The number of nitrogens with zero attached hydrogens (tertiary/aromatic N) is 3. The maximum Gasteiger partial charge on any atom is 0.252 e. The Morgan fingerprint density at radius 1 is 1.06 bits per heavy atom. The molecule has 9 heteroatoms. The first kappa shape index (κ1) is 23.9. The number of likely N-dealkylation sites (tertiary alicyclic amines) is 1. The van der Waals surface area contributed by atoms with Gasteiger partial charge in [-0.05, 0) is 49.9 Å². The lowest BCUT2D eigenvalue weighted by atomic mass is 9.93. The van der Waals surface area contributed by atoms with Crippen molar-refractivity contribution >= 4 is 23.3 Å². The number of fused-ring (bicyclic) bond motifs is 1. The summed E-state index contributed by atoms with van der Waals surface area (Å²) in [6.45, 7) is 4.49. The van der Waals surface area contributed by atoms with E-state index in [9.17, 15) is 14.4 Å². The molecule has 3 aliphatic heterocycles. The number of nitrogens with one attached hydrogen (secondary N) is 1. The van der Waals surface area contributed by atoms with Crippen LogP contribution in [0.5, 0.6) is 0 Å². The van der Waals surface area contributed by atoms with Crippen LogP contribution >= 0.6 is 0 Å². The highest BCUT2D eigenvalue weighted by Gasteiger charge is 2.56. The lowest BCUT2D eigenvalue weighted by molar-refractivity contribution is -0.142. The molecule has 5 fully saturated rings. The zero-order chi connectivity index (χ0) is 24.9. The van der Waals surface area contributed by atoms with Crippen LogP contribution in [0.3, 0.4) is 0 Å². The molecular formula is C27H36N4O5. The van der Waals surface area contributed by atoms with Gasteiger partial charge >= 0.3 is 0 Å². The summed E-state index contributed by atoms with van der Waals surface area (Å²) in [5.74, 6) is -0.531. The summed E-state index contributed by atoms with van der Waals surface area (Å²) < 4.78 is 11.2. The average Bonchev–Trinajstić information content (AvgIpc) is 3.35. The van der Waals surface area contributed by atoms with Crippen LogP contribution in [0.15, 0.2) is 24.3 Å². The molecule has 36 heavy (non-hydrogen) atoms. The molecule has 194 valence electrons. The first-order valence-corrected chi connectivity index (χ1v) is 13.4. The molecule has 2 saturated carbocycles. The van der Waals surface area contributed by atoms with Gasteiger partial charge in [0.25, 0.3) is 5.91 Å². The Morgan fingerprint density at radius 2 is 1.75 bits per heavy atom. The van der Waals surface area contributed by atoms with Crippen LogP contribution in [-0.2, 0) is 19.1 Å². The Balaban J connectivity index is 1.14. The van der Waals surface area contributed by atoms with Gasteiger partial charge in [0, 0.05) is 50.6 Å². The van der Waals surface area contributed by atoms with Gasteiger partial charge in [0.05, 0.1) is 6.54 Å². The van der Waals surface area contributed by atoms with Crippen molar-refractivity contribution in [3.63, 3.8) is 0 Å². The molecule has 2 aliphatic carbocycles. The average molecular weight is 497 g/mol. The van der Waals surface area contributed by atoms with Crippen molar-refractivity contribution in [2.75, 3.05) is 51.3 Å². The summed E-state index contributed by atoms with van der Waals surface area (Å²) in [7, 11) is 1.58. The van der Waals surface area contributed by atoms with Crippen molar-refractivity contribution in [1.82, 2.24) is 15.1 Å². The molecule has 6 rings (SSSR count). The number of piperazine rings is 1. The number of amides is 2. The van der Waals surface area contributed by atoms with Crippen molar-refractivity contribution in [1.29, 1.82) is 0 Å². The van der Waals surface area contributed by atoms with Crippen LogP contribution in [0.4, 0.5) is 5.69 Å². The number of carbonyl (C=O) groups is 3. The van der Waals surface area contributed by atoms with Crippen LogP contribution < -0.4 is 10.2 Å². The number of anilines is 1.